The van der Waals surface area contributed by atoms with Crippen LogP contribution in [-0.2, 0) is 9.53 Å². The van der Waals surface area contributed by atoms with Crippen molar-refractivity contribution in [3.05, 3.63) is 33.9 Å². The molecule has 0 N–H and O–H groups in total. The van der Waals surface area contributed by atoms with Crippen molar-refractivity contribution >= 4 is 17.3 Å². The number of nitro groups is 1. The van der Waals surface area contributed by atoms with E-state index in [0.717, 1.165) is 18.1 Å². The molecule has 0 saturated heterocycles. The molecular weight excluding hydrogens is 274 g/mol. The molecule has 8 heteroatoms. The number of nitrogens with zero attached hydrogens (tertiary/aromatic N) is 2. The van der Waals surface area contributed by atoms with Gasteiger partial charge < -0.3 is 9.64 Å². The average molecular weight is 288 g/mol. The Hall–Kier alpha value is -2.25. The summed E-state index contributed by atoms with van der Waals surface area (Å²) in [6.07, 6.45) is 0. The number of halogens is 2. The topological polar surface area (TPSA) is 72.7 Å². The minimum Gasteiger partial charge on any atom is -0.468 e. The van der Waals surface area contributed by atoms with Crippen LogP contribution in [0, 0.1) is 21.7 Å². The number of anilines is 1. The summed E-state index contributed by atoms with van der Waals surface area (Å²) in [7, 11) is 1.14. The maximum absolute atomic E-state index is 13.9. The highest BCUT2D eigenvalue weighted by Crippen LogP contribution is 2.33. The number of rotatable bonds is 5. The van der Waals surface area contributed by atoms with Crippen molar-refractivity contribution in [1.29, 1.82) is 0 Å². The van der Waals surface area contributed by atoms with Gasteiger partial charge in [0.1, 0.15) is 6.54 Å². The maximum Gasteiger partial charge on any atom is 0.325 e. The van der Waals surface area contributed by atoms with E-state index < -0.39 is 46.5 Å². The Morgan fingerprint density at radius 3 is 2.50 bits per heavy atom. The third-order valence-corrected chi connectivity index (χ3v) is 2.68. The Morgan fingerprint density at radius 2 is 2.05 bits per heavy atom. The van der Waals surface area contributed by atoms with Crippen molar-refractivity contribution in [2.24, 2.45) is 0 Å². The van der Waals surface area contributed by atoms with Gasteiger partial charge in [-0.1, -0.05) is 0 Å². The zero-order valence-corrected chi connectivity index (χ0v) is 11.2. The van der Waals surface area contributed by atoms with Crippen LogP contribution in [0.4, 0.5) is 20.2 Å². The summed E-state index contributed by atoms with van der Waals surface area (Å²) in [5.41, 5.74) is -1.17. The molecule has 0 atom stereocenters. The maximum atomic E-state index is 13.9. The van der Waals surface area contributed by atoms with Crippen LogP contribution >= 0.6 is 0 Å². The lowest BCUT2D eigenvalue weighted by Gasteiger charge is -2.27. The Kier molecular flexibility index (Phi) is 4.95. The van der Waals surface area contributed by atoms with Gasteiger partial charge in [0, 0.05) is 12.1 Å². The summed E-state index contributed by atoms with van der Waals surface area (Å²) < 4.78 is 31.7. The molecule has 0 fully saturated rings. The van der Waals surface area contributed by atoms with Gasteiger partial charge in [0.25, 0.3) is 5.69 Å². The fourth-order valence-corrected chi connectivity index (χ4v) is 1.67. The van der Waals surface area contributed by atoms with Gasteiger partial charge in [-0.25, -0.2) is 8.78 Å². The first kappa shape index (κ1) is 15.8. The minimum absolute atomic E-state index is 0.421. The lowest BCUT2D eigenvalue weighted by atomic mass is 10.2. The minimum atomic E-state index is -1.36. The Labute approximate surface area is 114 Å². The van der Waals surface area contributed by atoms with Gasteiger partial charge in [-0.2, -0.15) is 0 Å². The number of carbonyl (C=O) groups is 1. The predicted molar refractivity (Wildman–Crippen MR) is 67.5 cm³/mol. The number of nitro benzene ring substituents is 1. The fraction of sp³-hybridized carbons (Fsp3) is 0.417. The summed E-state index contributed by atoms with van der Waals surface area (Å²) in [4.78, 5) is 22.5. The molecule has 0 spiro atoms. The third-order valence-electron chi connectivity index (χ3n) is 2.68. The summed E-state index contributed by atoms with van der Waals surface area (Å²) >= 11 is 0. The lowest BCUT2D eigenvalue weighted by Crippen LogP contribution is -2.37. The molecule has 0 radical (unpaired) electrons. The van der Waals surface area contributed by atoms with E-state index in [1.54, 1.807) is 13.8 Å². The third kappa shape index (κ3) is 3.19. The monoisotopic (exact) mass is 288 g/mol. The number of ether oxygens (including phenoxy) is 1. The number of hydrogen-bond acceptors (Lipinski definition) is 5. The fourth-order valence-electron chi connectivity index (χ4n) is 1.67. The zero-order valence-electron chi connectivity index (χ0n) is 11.2. The molecule has 0 aromatic heterocycles. The molecule has 0 aliphatic rings. The van der Waals surface area contributed by atoms with Crippen molar-refractivity contribution in [2.75, 3.05) is 18.6 Å². The van der Waals surface area contributed by atoms with E-state index in [1.807, 2.05) is 0 Å². The molecule has 1 rings (SSSR count). The van der Waals surface area contributed by atoms with Gasteiger partial charge in [-0.15, -0.1) is 0 Å². The molecule has 0 bridgehead atoms. The second kappa shape index (κ2) is 6.27. The number of hydrogen-bond donors (Lipinski definition) is 0. The molecule has 0 aliphatic carbocycles. The second-order valence-corrected chi connectivity index (χ2v) is 4.28. The first-order valence-electron chi connectivity index (χ1n) is 5.75. The summed E-state index contributed by atoms with van der Waals surface area (Å²) in [6.45, 7) is 2.77. The molecule has 0 aliphatic heterocycles. The van der Waals surface area contributed by atoms with Crippen LogP contribution in [0.3, 0.4) is 0 Å². The van der Waals surface area contributed by atoms with Crippen molar-refractivity contribution in [1.82, 2.24) is 0 Å². The Morgan fingerprint density at radius 1 is 1.45 bits per heavy atom. The molecule has 6 nitrogen and oxygen atoms in total. The average Bonchev–Trinajstić information content (AvgIpc) is 2.38. The van der Waals surface area contributed by atoms with Crippen molar-refractivity contribution in [2.45, 2.75) is 19.9 Å². The molecule has 0 saturated carbocycles. The van der Waals surface area contributed by atoms with Crippen molar-refractivity contribution < 1.29 is 23.2 Å². The largest absolute Gasteiger partial charge is 0.468 e. The van der Waals surface area contributed by atoms with Crippen LogP contribution in [-0.4, -0.2) is 30.6 Å². The molecule has 20 heavy (non-hydrogen) atoms. The van der Waals surface area contributed by atoms with Gasteiger partial charge in [-0.3, -0.25) is 14.9 Å². The number of esters is 1. The predicted octanol–water partition coefficient (Wildman–Crippen LogP) is 2.26. The summed E-state index contributed by atoms with van der Waals surface area (Å²) in [5.74, 6) is -3.30. The first-order chi connectivity index (χ1) is 9.29. The number of methoxy groups -OCH3 is 1. The molecular formula is C12H14F2N2O4. The summed E-state index contributed by atoms with van der Waals surface area (Å²) in [5, 5.41) is 10.9. The highest BCUT2D eigenvalue weighted by atomic mass is 19.2. The first-order valence-corrected chi connectivity index (χ1v) is 5.75. The molecule has 0 unspecified atom stereocenters. The van der Waals surface area contributed by atoms with Gasteiger partial charge in [-0.05, 0) is 19.9 Å². The van der Waals surface area contributed by atoms with Crippen LogP contribution in [0.15, 0.2) is 12.1 Å². The van der Waals surface area contributed by atoms with E-state index >= 15 is 0 Å². The summed E-state index contributed by atoms with van der Waals surface area (Å²) in [6, 6.07) is 1.07. The van der Waals surface area contributed by atoms with Gasteiger partial charge in [0.2, 0.25) is 0 Å². The quantitative estimate of drug-likeness (QED) is 0.472. The molecule has 1 aromatic carbocycles. The van der Waals surface area contributed by atoms with Crippen LogP contribution < -0.4 is 4.90 Å². The smallest absolute Gasteiger partial charge is 0.325 e. The Bertz CT molecular complexity index is 534. The van der Waals surface area contributed by atoms with Crippen LogP contribution in [0.2, 0.25) is 0 Å². The van der Waals surface area contributed by atoms with Gasteiger partial charge >= 0.3 is 5.97 Å². The van der Waals surface area contributed by atoms with Gasteiger partial charge in [0.05, 0.1) is 12.0 Å². The second-order valence-electron chi connectivity index (χ2n) is 4.28. The van der Waals surface area contributed by atoms with E-state index in [-0.39, 0.29) is 0 Å². The van der Waals surface area contributed by atoms with Crippen LogP contribution in [0.5, 0.6) is 0 Å². The standard InChI is InChI=1S/C12H14F2N2O4/c1-7(2)15(6-10(17)20-3)12-9(16(18)19)5-4-8(13)11(12)14/h4-5,7H,6H2,1-3H3. The van der Waals surface area contributed by atoms with Crippen LogP contribution in [0.1, 0.15) is 13.8 Å². The van der Waals surface area contributed by atoms with E-state index in [9.17, 15) is 23.7 Å². The van der Waals surface area contributed by atoms with Gasteiger partial charge in [0.15, 0.2) is 17.3 Å². The number of benzene rings is 1. The van der Waals surface area contributed by atoms with Crippen molar-refractivity contribution in [3.63, 3.8) is 0 Å². The van der Waals surface area contributed by atoms with E-state index in [0.29, 0.717) is 6.07 Å². The number of carbonyl (C=O) groups excluding carboxylic acids is 1. The van der Waals surface area contributed by atoms with E-state index in [4.69, 9.17) is 0 Å². The molecule has 1 aromatic rings. The van der Waals surface area contributed by atoms with E-state index in [1.165, 1.54) is 0 Å². The highest BCUT2D eigenvalue weighted by Gasteiger charge is 2.29. The van der Waals surface area contributed by atoms with E-state index in [2.05, 4.69) is 4.74 Å². The van der Waals surface area contributed by atoms with Crippen LogP contribution in [0.25, 0.3) is 0 Å². The highest BCUT2D eigenvalue weighted by molar-refractivity contribution is 5.78. The van der Waals surface area contributed by atoms with Crippen molar-refractivity contribution in [3.8, 4) is 0 Å². The SMILES string of the molecule is COC(=O)CN(c1c([N+](=O)[O-])ccc(F)c1F)C(C)C. The normalized spacial score (nSPS) is 10.5. The lowest BCUT2D eigenvalue weighted by molar-refractivity contribution is -0.384. The zero-order chi connectivity index (χ0) is 15.4. The molecule has 0 amide bonds. The Balaban J connectivity index is 3.41. The molecule has 110 valence electrons. The molecule has 0 heterocycles.